The van der Waals surface area contributed by atoms with Gasteiger partial charge in [-0.2, -0.15) is 0 Å². The maximum absolute atomic E-state index is 13.3. The molecule has 2 aliphatic heterocycles. The number of likely N-dealkylation sites (N-methyl/N-ethyl adjacent to an activating group) is 1. The van der Waals surface area contributed by atoms with E-state index in [9.17, 15) is 9.59 Å². The van der Waals surface area contributed by atoms with Crippen molar-refractivity contribution in [3.63, 3.8) is 0 Å². The third-order valence-corrected chi connectivity index (χ3v) is 5.46. The largest absolute Gasteiger partial charge is 0.459 e. The molecule has 144 valence electrons. The maximum atomic E-state index is 13.3. The van der Waals surface area contributed by atoms with E-state index in [2.05, 4.69) is 5.32 Å². The monoisotopic (exact) mass is 389 g/mol. The maximum Gasteiger partial charge on any atom is 0.290 e. The first kappa shape index (κ1) is 19.5. The van der Waals surface area contributed by atoms with E-state index in [4.69, 9.17) is 4.42 Å². The average Bonchev–Trinajstić information content (AvgIpc) is 3.39. The molecule has 6 nitrogen and oxygen atoms in total. The predicted molar refractivity (Wildman–Crippen MR) is 104 cm³/mol. The second kappa shape index (κ2) is 8.15. The highest BCUT2D eigenvalue weighted by Crippen LogP contribution is 2.27. The Kier molecular flexibility index (Phi) is 5.87. The van der Waals surface area contributed by atoms with E-state index < -0.39 is 6.04 Å². The van der Waals surface area contributed by atoms with Gasteiger partial charge in [-0.15, -0.1) is 12.4 Å². The zero-order chi connectivity index (χ0) is 18.1. The van der Waals surface area contributed by atoms with E-state index in [0.29, 0.717) is 13.0 Å². The fourth-order valence-electron chi connectivity index (χ4n) is 3.88. The molecule has 1 N–H and O–H groups in total. The van der Waals surface area contributed by atoms with Gasteiger partial charge in [0.05, 0.1) is 6.26 Å². The number of nitrogens with zero attached hydrogens (tertiary/aromatic N) is 2. The third kappa shape index (κ3) is 3.73. The van der Waals surface area contributed by atoms with E-state index in [1.54, 1.807) is 21.9 Å². The molecular formula is C20H24ClN3O3. The van der Waals surface area contributed by atoms with Crippen molar-refractivity contribution in [3.8, 4) is 0 Å². The molecule has 1 aromatic heterocycles. The molecule has 27 heavy (non-hydrogen) atoms. The fraction of sp³-hybridized carbons (Fsp3) is 0.400. The smallest absolute Gasteiger partial charge is 0.290 e. The van der Waals surface area contributed by atoms with Crippen molar-refractivity contribution in [2.45, 2.75) is 31.5 Å². The summed E-state index contributed by atoms with van der Waals surface area (Å²) < 4.78 is 5.30. The second-order valence-corrected chi connectivity index (χ2v) is 6.99. The molecule has 0 bridgehead atoms. The van der Waals surface area contributed by atoms with Gasteiger partial charge in [-0.25, -0.2) is 0 Å². The molecule has 1 aromatic carbocycles. The van der Waals surface area contributed by atoms with Crippen LogP contribution in [-0.4, -0.2) is 53.8 Å². The number of carbonyl (C=O) groups is 2. The summed E-state index contributed by atoms with van der Waals surface area (Å²) in [6.07, 6.45) is 2.96. The van der Waals surface area contributed by atoms with Crippen molar-refractivity contribution in [2.75, 3.05) is 20.1 Å². The lowest BCUT2D eigenvalue weighted by Gasteiger charge is -2.38. The molecular weight excluding hydrogens is 366 g/mol. The Morgan fingerprint density at radius 3 is 2.63 bits per heavy atom. The quantitative estimate of drug-likeness (QED) is 0.873. The van der Waals surface area contributed by atoms with Crippen LogP contribution in [0.25, 0.3) is 0 Å². The van der Waals surface area contributed by atoms with E-state index in [0.717, 1.165) is 30.6 Å². The van der Waals surface area contributed by atoms with Crippen LogP contribution in [0, 0.1) is 0 Å². The molecule has 2 atom stereocenters. The summed E-state index contributed by atoms with van der Waals surface area (Å²) in [4.78, 5) is 29.7. The van der Waals surface area contributed by atoms with E-state index in [1.165, 1.54) is 6.26 Å². The van der Waals surface area contributed by atoms with Gasteiger partial charge in [-0.1, -0.05) is 24.3 Å². The van der Waals surface area contributed by atoms with Gasteiger partial charge < -0.3 is 19.5 Å². The lowest BCUT2D eigenvalue weighted by atomic mass is 9.92. The van der Waals surface area contributed by atoms with Crippen LogP contribution in [0.1, 0.15) is 28.1 Å². The minimum Gasteiger partial charge on any atom is -0.459 e. The summed E-state index contributed by atoms with van der Waals surface area (Å²) in [6, 6.07) is 11.0. The summed E-state index contributed by atoms with van der Waals surface area (Å²) in [5, 5.41) is 3.29. The van der Waals surface area contributed by atoms with Gasteiger partial charge in [-0.3, -0.25) is 9.59 Å². The van der Waals surface area contributed by atoms with Gasteiger partial charge in [0.1, 0.15) is 6.04 Å². The van der Waals surface area contributed by atoms with Crippen molar-refractivity contribution in [1.82, 2.24) is 15.1 Å². The standard InChI is InChI=1S/C20H23N3O3.ClH/c1-22(16-8-9-21-12-16)19(24)17-11-14-5-2-3-6-15(14)13-23(17)20(25)18-7-4-10-26-18;/h2-7,10,16-17,21H,8-9,11-13H2,1H3;1H. The van der Waals surface area contributed by atoms with Gasteiger partial charge in [-0.05, 0) is 36.2 Å². The number of fused-ring (bicyclic) bond motifs is 1. The number of nitrogens with one attached hydrogen (secondary N) is 1. The number of hydrogen-bond donors (Lipinski definition) is 1. The number of hydrogen-bond acceptors (Lipinski definition) is 4. The fourth-order valence-corrected chi connectivity index (χ4v) is 3.88. The van der Waals surface area contributed by atoms with Crippen LogP contribution in [-0.2, 0) is 17.8 Å². The Labute approximate surface area is 164 Å². The zero-order valence-corrected chi connectivity index (χ0v) is 16.1. The Hall–Kier alpha value is -2.31. The topological polar surface area (TPSA) is 65.8 Å². The van der Waals surface area contributed by atoms with Crippen LogP contribution in [0.2, 0.25) is 0 Å². The minimum absolute atomic E-state index is 0. The molecule has 2 amide bonds. The van der Waals surface area contributed by atoms with Crippen LogP contribution < -0.4 is 5.32 Å². The number of carbonyl (C=O) groups excluding carboxylic acids is 2. The van der Waals surface area contributed by atoms with Gasteiger partial charge in [0, 0.05) is 32.6 Å². The van der Waals surface area contributed by atoms with Gasteiger partial charge in [0.15, 0.2) is 5.76 Å². The average molecular weight is 390 g/mol. The van der Waals surface area contributed by atoms with E-state index >= 15 is 0 Å². The Morgan fingerprint density at radius 2 is 1.96 bits per heavy atom. The van der Waals surface area contributed by atoms with Crippen molar-refractivity contribution in [1.29, 1.82) is 0 Å². The number of rotatable bonds is 3. The van der Waals surface area contributed by atoms with Crippen molar-refractivity contribution in [3.05, 3.63) is 59.5 Å². The summed E-state index contributed by atoms with van der Waals surface area (Å²) in [5.74, 6) is 0.0290. The number of benzene rings is 1. The van der Waals surface area contributed by atoms with Crippen LogP contribution in [0.4, 0.5) is 0 Å². The molecule has 2 unspecified atom stereocenters. The highest BCUT2D eigenvalue weighted by Gasteiger charge is 2.38. The molecule has 7 heteroatoms. The third-order valence-electron chi connectivity index (χ3n) is 5.46. The molecule has 0 radical (unpaired) electrons. The number of furan rings is 1. The number of amides is 2. The molecule has 1 fully saturated rings. The van der Waals surface area contributed by atoms with Crippen LogP contribution in [0.3, 0.4) is 0 Å². The lowest BCUT2D eigenvalue weighted by molar-refractivity contribution is -0.137. The highest BCUT2D eigenvalue weighted by molar-refractivity contribution is 5.96. The molecule has 0 saturated carbocycles. The molecule has 2 aromatic rings. The SMILES string of the molecule is CN(C(=O)C1Cc2ccccc2CN1C(=O)c1ccco1)C1CCNC1.Cl. The van der Waals surface area contributed by atoms with Crippen molar-refractivity contribution in [2.24, 2.45) is 0 Å². The second-order valence-electron chi connectivity index (χ2n) is 6.99. The van der Waals surface area contributed by atoms with E-state index in [1.807, 2.05) is 31.3 Å². The van der Waals surface area contributed by atoms with Crippen LogP contribution >= 0.6 is 12.4 Å². The summed E-state index contributed by atoms with van der Waals surface area (Å²) in [5.41, 5.74) is 2.22. The van der Waals surface area contributed by atoms with Crippen molar-refractivity contribution < 1.29 is 14.0 Å². The highest BCUT2D eigenvalue weighted by atomic mass is 35.5. The van der Waals surface area contributed by atoms with Gasteiger partial charge in [0.2, 0.25) is 5.91 Å². The Bertz CT molecular complexity index is 803. The molecule has 0 spiro atoms. The number of halogens is 1. The molecule has 0 aliphatic carbocycles. The molecule has 1 saturated heterocycles. The zero-order valence-electron chi connectivity index (χ0n) is 15.3. The van der Waals surface area contributed by atoms with Gasteiger partial charge in [0.25, 0.3) is 5.91 Å². The Balaban J connectivity index is 0.00000210. The normalized spacial score (nSPS) is 21.3. The molecule has 3 heterocycles. The van der Waals surface area contributed by atoms with Crippen molar-refractivity contribution >= 4 is 24.2 Å². The summed E-state index contributed by atoms with van der Waals surface area (Å²) in [6.45, 7) is 2.14. The first-order chi connectivity index (χ1) is 12.6. The van der Waals surface area contributed by atoms with E-state index in [-0.39, 0.29) is 36.0 Å². The van der Waals surface area contributed by atoms with Gasteiger partial charge >= 0.3 is 0 Å². The molecule has 2 aliphatic rings. The minimum atomic E-state index is -0.506. The lowest BCUT2D eigenvalue weighted by Crippen LogP contribution is -2.55. The summed E-state index contributed by atoms with van der Waals surface area (Å²) >= 11 is 0. The van der Waals surface area contributed by atoms with Crippen LogP contribution in [0.5, 0.6) is 0 Å². The Morgan fingerprint density at radius 1 is 1.19 bits per heavy atom. The molecule has 4 rings (SSSR count). The predicted octanol–water partition coefficient (Wildman–Crippen LogP) is 2.09. The first-order valence-electron chi connectivity index (χ1n) is 9.04. The van der Waals surface area contributed by atoms with Crippen LogP contribution in [0.15, 0.2) is 47.1 Å². The first-order valence-corrected chi connectivity index (χ1v) is 9.04. The summed E-state index contributed by atoms with van der Waals surface area (Å²) in [7, 11) is 1.84.